The maximum atomic E-state index is 12.8. The molecular weight excluding hydrogens is 536 g/mol. The highest BCUT2D eigenvalue weighted by atomic mass is 16.6. The molecular formula is C34H50O8. The molecule has 0 heterocycles. The number of benzene rings is 1. The van der Waals surface area contributed by atoms with Gasteiger partial charge < -0.3 is 29.2 Å². The molecule has 0 saturated heterocycles. The van der Waals surface area contributed by atoms with E-state index in [1.54, 1.807) is 0 Å². The zero-order valence-electron chi connectivity index (χ0n) is 26.2. The fourth-order valence-corrected chi connectivity index (χ4v) is 10.1. The monoisotopic (exact) mass is 586 g/mol. The van der Waals surface area contributed by atoms with Gasteiger partial charge in [-0.1, -0.05) is 20.8 Å². The third-order valence-corrected chi connectivity index (χ3v) is 12.4. The van der Waals surface area contributed by atoms with Crippen LogP contribution in [0.25, 0.3) is 0 Å². The van der Waals surface area contributed by atoms with Gasteiger partial charge in [0.25, 0.3) is 0 Å². The Morgan fingerprint density at radius 1 is 0.929 bits per heavy atom. The fraction of sp³-hybridized carbons (Fsp3) is 0.765. The summed E-state index contributed by atoms with van der Waals surface area (Å²) in [5.41, 5.74) is 0.184. The number of methoxy groups -OCH3 is 3. The number of carbonyl (C=O) groups is 2. The topological polar surface area (TPSA) is 112 Å². The molecule has 0 aromatic heterocycles. The lowest BCUT2D eigenvalue weighted by Crippen LogP contribution is -2.58. The molecule has 1 aromatic rings. The van der Waals surface area contributed by atoms with Gasteiger partial charge in [-0.3, -0.25) is 4.79 Å². The van der Waals surface area contributed by atoms with Crippen LogP contribution >= 0.6 is 0 Å². The van der Waals surface area contributed by atoms with E-state index in [-0.39, 0.29) is 40.9 Å². The van der Waals surface area contributed by atoms with Crippen LogP contribution in [-0.4, -0.2) is 55.7 Å². The lowest BCUT2D eigenvalue weighted by atomic mass is 9.43. The smallest absolute Gasteiger partial charge is 0.346 e. The van der Waals surface area contributed by atoms with E-state index in [1.165, 1.54) is 46.3 Å². The van der Waals surface area contributed by atoms with Crippen molar-refractivity contribution in [3.05, 3.63) is 17.7 Å². The Morgan fingerprint density at radius 2 is 1.62 bits per heavy atom. The van der Waals surface area contributed by atoms with E-state index in [9.17, 15) is 19.8 Å². The minimum atomic E-state index is -0.757. The normalized spacial score (nSPS) is 38.0. The van der Waals surface area contributed by atoms with E-state index in [2.05, 4.69) is 20.8 Å². The number of aliphatic hydroxyl groups excluding tert-OH is 2. The van der Waals surface area contributed by atoms with E-state index >= 15 is 0 Å². The Kier molecular flexibility index (Phi) is 8.88. The summed E-state index contributed by atoms with van der Waals surface area (Å²) < 4.78 is 21.1. The van der Waals surface area contributed by atoms with E-state index in [0.717, 1.165) is 38.5 Å². The summed E-state index contributed by atoms with van der Waals surface area (Å²) in [5, 5.41) is 22.1. The average molecular weight is 587 g/mol. The Hall–Kier alpha value is -2.32. The number of hydrogen-bond donors (Lipinski definition) is 2. The van der Waals surface area contributed by atoms with Crippen LogP contribution in [0.15, 0.2) is 12.1 Å². The number of fused-ring (bicyclic) bond motifs is 5. The van der Waals surface area contributed by atoms with Gasteiger partial charge in [-0.15, -0.1) is 0 Å². The van der Waals surface area contributed by atoms with Crippen LogP contribution in [0.3, 0.4) is 0 Å². The van der Waals surface area contributed by atoms with Gasteiger partial charge in [0.2, 0.25) is 5.75 Å². The maximum Gasteiger partial charge on any atom is 0.346 e. The average Bonchev–Trinajstić information content (AvgIpc) is 3.34. The summed E-state index contributed by atoms with van der Waals surface area (Å²) in [4.78, 5) is 25.6. The fourth-order valence-electron chi connectivity index (χ4n) is 10.1. The van der Waals surface area contributed by atoms with Gasteiger partial charge in [0.05, 0.1) is 39.1 Å². The molecule has 4 saturated carbocycles. The van der Waals surface area contributed by atoms with Crippen molar-refractivity contribution in [3.63, 3.8) is 0 Å². The third kappa shape index (κ3) is 5.21. The van der Waals surface area contributed by atoms with Gasteiger partial charge in [-0.2, -0.15) is 0 Å². The Morgan fingerprint density at radius 3 is 2.26 bits per heavy atom. The van der Waals surface area contributed by atoms with Gasteiger partial charge in [0, 0.05) is 6.42 Å². The molecule has 4 fully saturated rings. The summed E-state index contributed by atoms with van der Waals surface area (Å²) in [6, 6.07) is 2.94. The maximum absolute atomic E-state index is 12.8. The van der Waals surface area contributed by atoms with Crippen molar-refractivity contribution in [2.45, 2.75) is 97.2 Å². The van der Waals surface area contributed by atoms with Crippen LogP contribution in [0.2, 0.25) is 0 Å². The predicted molar refractivity (Wildman–Crippen MR) is 158 cm³/mol. The zero-order valence-corrected chi connectivity index (χ0v) is 26.2. The summed E-state index contributed by atoms with van der Waals surface area (Å²) >= 11 is 0. The summed E-state index contributed by atoms with van der Waals surface area (Å²) in [5.74, 6) is 2.37. The van der Waals surface area contributed by atoms with Crippen molar-refractivity contribution in [2.24, 2.45) is 46.3 Å². The number of ether oxygens (including phenoxy) is 4. The minimum absolute atomic E-state index is 0.138. The largest absolute Gasteiger partial charge is 0.493 e. The number of aliphatic hydroxyl groups is 2. The summed E-state index contributed by atoms with van der Waals surface area (Å²) in [6.45, 7) is 6.93. The first-order chi connectivity index (χ1) is 20.0. The molecule has 0 aliphatic heterocycles. The second-order valence-corrected chi connectivity index (χ2v) is 14.1. The molecule has 10 atom stereocenters. The number of carbonyl (C=O) groups excluding carboxylic acids is 2. The first-order valence-electron chi connectivity index (χ1n) is 15.9. The number of esters is 2. The molecule has 4 aliphatic rings. The molecule has 1 aromatic carbocycles. The molecule has 0 amide bonds. The van der Waals surface area contributed by atoms with E-state index in [1.807, 2.05) is 0 Å². The molecule has 0 spiro atoms. The van der Waals surface area contributed by atoms with Crippen molar-refractivity contribution >= 4 is 11.9 Å². The zero-order chi connectivity index (χ0) is 30.4. The highest BCUT2D eigenvalue weighted by molar-refractivity contribution is 5.97. The van der Waals surface area contributed by atoms with Crippen LogP contribution in [0.1, 0.15) is 95.3 Å². The quantitative estimate of drug-likeness (QED) is 0.290. The van der Waals surface area contributed by atoms with Gasteiger partial charge in [0.15, 0.2) is 11.5 Å². The van der Waals surface area contributed by atoms with Crippen molar-refractivity contribution in [1.29, 1.82) is 0 Å². The molecule has 4 aliphatic carbocycles. The van der Waals surface area contributed by atoms with E-state index in [0.29, 0.717) is 53.3 Å². The predicted octanol–water partition coefficient (Wildman–Crippen LogP) is 5.80. The summed E-state index contributed by atoms with van der Waals surface area (Å²) in [7, 11) is 4.40. The molecule has 2 N–H and O–H groups in total. The van der Waals surface area contributed by atoms with Crippen molar-refractivity contribution in [1.82, 2.24) is 0 Å². The van der Waals surface area contributed by atoms with Crippen molar-refractivity contribution < 1.29 is 38.7 Å². The highest BCUT2D eigenvalue weighted by Gasteiger charge is 2.63. The van der Waals surface area contributed by atoms with Gasteiger partial charge in [-0.25, -0.2) is 4.79 Å². The SMILES string of the molecule is COc1cc(C(=O)OC(=O)CC[C@H](C)[C@@H]2CC[C@@H]3[C@H]4CC[C@H]5C[C@@H](O)CC[C@]5(C)[C@@H]4C[C@@H](O)[C@@]32C)cc(OC)c1OC. The van der Waals surface area contributed by atoms with E-state index < -0.39 is 11.9 Å². The molecule has 5 rings (SSSR count). The molecule has 8 nitrogen and oxygen atoms in total. The molecule has 42 heavy (non-hydrogen) atoms. The van der Waals surface area contributed by atoms with Gasteiger partial charge in [0.1, 0.15) is 0 Å². The molecule has 0 bridgehead atoms. The molecule has 234 valence electrons. The molecule has 8 heteroatoms. The molecule has 0 radical (unpaired) electrons. The lowest BCUT2D eigenvalue weighted by Gasteiger charge is -2.62. The number of hydrogen-bond acceptors (Lipinski definition) is 8. The van der Waals surface area contributed by atoms with E-state index in [4.69, 9.17) is 18.9 Å². The van der Waals surface area contributed by atoms with Crippen LogP contribution in [0.5, 0.6) is 17.2 Å². The van der Waals surface area contributed by atoms with Gasteiger partial charge in [-0.05, 0) is 116 Å². The number of rotatable bonds is 8. The lowest BCUT2D eigenvalue weighted by molar-refractivity contribution is -0.175. The summed E-state index contributed by atoms with van der Waals surface area (Å²) in [6.07, 6.45) is 8.46. The molecule has 0 unspecified atom stereocenters. The second kappa shape index (κ2) is 12.0. The third-order valence-electron chi connectivity index (χ3n) is 12.4. The minimum Gasteiger partial charge on any atom is -0.493 e. The first kappa shape index (κ1) is 31.1. The van der Waals surface area contributed by atoms with Crippen LogP contribution in [0, 0.1) is 46.3 Å². The van der Waals surface area contributed by atoms with Crippen molar-refractivity contribution in [3.8, 4) is 17.2 Å². The Balaban J connectivity index is 1.22. The van der Waals surface area contributed by atoms with Crippen LogP contribution in [-0.2, 0) is 9.53 Å². The first-order valence-corrected chi connectivity index (χ1v) is 15.9. The van der Waals surface area contributed by atoms with Crippen LogP contribution < -0.4 is 14.2 Å². The Bertz CT molecular complexity index is 1140. The standard InChI is InChI=1S/C34H50O8/c1-19(7-12-30(37)42-32(38)20-15-27(39-4)31(41-6)28(16-20)40-5)24-10-11-25-23-9-8-21-17-22(35)13-14-33(21,2)26(23)18-29(36)34(24,25)3/h15-16,19,21-26,29,35-36H,7-14,17-18H2,1-6H3/t19-,21-,22-,23+,24-,25+,26+,29+,33-,34+/m0/s1. The van der Waals surface area contributed by atoms with Gasteiger partial charge >= 0.3 is 11.9 Å². The highest BCUT2D eigenvalue weighted by Crippen LogP contribution is 2.68. The Labute approximate surface area is 250 Å². The second-order valence-electron chi connectivity index (χ2n) is 14.1. The van der Waals surface area contributed by atoms with Crippen molar-refractivity contribution in [2.75, 3.05) is 21.3 Å². The van der Waals surface area contributed by atoms with Crippen LogP contribution in [0.4, 0.5) is 0 Å².